The molecule has 3 aliphatic heterocycles. The molecular weight excluding hydrogens is 674 g/mol. The maximum absolute atomic E-state index is 13.5. The van der Waals surface area contributed by atoms with Crippen LogP contribution in [0.15, 0.2) is 48.5 Å². The third-order valence-corrected chi connectivity index (χ3v) is 8.30. The van der Waals surface area contributed by atoms with E-state index in [2.05, 4.69) is 10.2 Å². The maximum Gasteiger partial charge on any atom is 0.490 e. The molecule has 3 heterocycles. The molecule has 2 saturated heterocycles. The molecule has 5 rings (SSSR count). The molecule has 2 aromatic rings. The number of carboxylic acids is 2. The van der Waals surface area contributed by atoms with Crippen molar-refractivity contribution < 1.29 is 55.7 Å². The highest BCUT2D eigenvalue weighted by atomic mass is 35.5. The first-order chi connectivity index (χ1) is 22.5. The number of hydrogen-bond acceptors (Lipinski definition) is 6. The number of halogens is 7. The Labute approximate surface area is 277 Å². The van der Waals surface area contributed by atoms with E-state index >= 15 is 0 Å². The molecule has 3 aliphatic rings. The van der Waals surface area contributed by atoms with Crippen LogP contribution in [0.1, 0.15) is 41.6 Å². The Bertz CT molecular complexity index is 1390. The molecule has 10 nitrogen and oxygen atoms in total. The SMILES string of the molecule is O=C(O)C(F)(F)F.O=C(O)C(F)(F)F.O=C(c1ccc(Cl)cc1)N1CC(=O)N(CC2CCN(C3CCNCC3)CC2)c2ccccc2C1. The summed E-state index contributed by atoms with van der Waals surface area (Å²) >= 11 is 5.99. The zero-order valence-electron chi connectivity index (χ0n) is 25.6. The summed E-state index contributed by atoms with van der Waals surface area (Å²) in [5.41, 5.74) is 2.51. The molecule has 0 aromatic heterocycles. The summed E-state index contributed by atoms with van der Waals surface area (Å²) < 4.78 is 63.5. The van der Waals surface area contributed by atoms with Gasteiger partial charge < -0.3 is 30.2 Å². The van der Waals surface area contributed by atoms with Crippen molar-refractivity contribution in [2.45, 2.75) is 50.6 Å². The van der Waals surface area contributed by atoms with Gasteiger partial charge in [0, 0.05) is 35.4 Å². The topological polar surface area (TPSA) is 130 Å². The lowest BCUT2D eigenvalue weighted by molar-refractivity contribution is -0.193. The molecule has 264 valence electrons. The summed E-state index contributed by atoms with van der Waals surface area (Å²) in [5, 5.41) is 18.3. The number of carbonyl (C=O) groups is 4. The van der Waals surface area contributed by atoms with Crippen LogP contribution in [0.5, 0.6) is 0 Å². The van der Waals surface area contributed by atoms with E-state index in [9.17, 15) is 35.9 Å². The van der Waals surface area contributed by atoms with Gasteiger partial charge in [0.25, 0.3) is 5.91 Å². The standard InChI is InChI=1S/C27H33ClN4O2.2C2HF3O2/c28-23-7-5-21(6-8-23)27(34)31-18-22-3-1-2-4-25(22)32(26(33)19-31)17-20-11-15-30(16-12-20)24-9-13-29-14-10-24;2*3-2(4,5)1(6)7/h1-8,20,24,29H,9-19H2;2*(H,6,7). The van der Waals surface area contributed by atoms with Crippen LogP contribution in [-0.4, -0.2) is 101 Å². The van der Waals surface area contributed by atoms with Crippen LogP contribution in [-0.2, 0) is 20.9 Å². The number of carbonyl (C=O) groups excluding carboxylic acids is 2. The van der Waals surface area contributed by atoms with Gasteiger partial charge in [-0.3, -0.25) is 9.59 Å². The van der Waals surface area contributed by atoms with Crippen molar-refractivity contribution in [3.05, 3.63) is 64.7 Å². The monoisotopic (exact) mass is 708 g/mol. The Morgan fingerprint density at radius 1 is 0.812 bits per heavy atom. The Kier molecular flexibility index (Phi) is 13.6. The number of nitrogens with zero attached hydrogens (tertiary/aromatic N) is 3. The molecule has 0 atom stereocenters. The molecule has 3 N–H and O–H groups in total. The van der Waals surface area contributed by atoms with Gasteiger partial charge in [0.1, 0.15) is 6.54 Å². The van der Waals surface area contributed by atoms with Crippen LogP contribution in [0, 0.1) is 5.92 Å². The lowest BCUT2D eigenvalue weighted by Gasteiger charge is -2.40. The van der Waals surface area contributed by atoms with Crippen molar-refractivity contribution in [1.82, 2.24) is 15.1 Å². The fourth-order valence-corrected chi connectivity index (χ4v) is 5.73. The van der Waals surface area contributed by atoms with E-state index in [1.807, 2.05) is 29.2 Å². The highest BCUT2D eigenvalue weighted by Gasteiger charge is 2.39. The maximum atomic E-state index is 13.5. The number of anilines is 1. The van der Waals surface area contributed by atoms with Crippen molar-refractivity contribution in [3.63, 3.8) is 0 Å². The second-order valence-electron chi connectivity index (χ2n) is 11.4. The number of piperidine rings is 2. The molecule has 0 aliphatic carbocycles. The number of alkyl halides is 6. The number of para-hydroxylation sites is 1. The van der Waals surface area contributed by atoms with E-state index in [0.29, 0.717) is 29.1 Å². The summed E-state index contributed by atoms with van der Waals surface area (Å²) in [7, 11) is 0. The Hall–Kier alpha value is -3.89. The fourth-order valence-electron chi connectivity index (χ4n) is 5.60. The van der Waals surface area contributed by atoms with Crippen LogP contribution in [0.4, 0.5) is 32.0 Å². The minimum Gasteiger partial charge on any atom is -0.475 e. The highest BCUT2D eigenvalue weighted by molar-refractivity contribution is 6.30. The normalized spacial score (nSPS) is 18.0. The molecule has 2 aromatic carbocycles. The molecule has 2 amide bonds. The molecule has 0 unspecified atom stereocenters. The predicted octanol–water partition coefficient (Wildman–Crippen LogP) is 5.06. The molecule has 2 fully saturated rings. The van der Waals surface area contributed by atoms with Gasteiger partial charge in [0.2, 0.25) is 5.91 Å². The largest absolute Gasteiger partial charge is 0.490 e. The Morgan fingerprint density at radius 3 is 1.85 bits per heavy atom. The number of rotatable bonds is 4. The Morgan fingerprint density at radius 2 is 1.33 bits per heavy atom. The summed E-state index contributed by atoms with van der Waals surface area (Å²) in [4.78, 5) is 50.7. The van der Waals surface area contributed by atoms with Gasteiger partial charge in [-0.25, -0.2) is 9.59 Å². The van der Waals surface area contributed by atoms with Crippen molar-refractivity contribution in [3.8, 4) is 0 Å². The molecule has 0 bridgehead atoms. The molecule has 0 saturated carbocycles. The van der Waals surface area contributed by atoms with Gasteiger partial charge in [0.15, 0.2) is 0 Å². The quantitative estimate of drug-likeness (QED) is 0.376. The average Bonchev–Trinajstić information content (AvgIpc) is 3.17. The lowest BCUT2D eigenvalue weighted by atomic mass is 9.93. The van der Waals surface area contributed by atoms with Crippen molar-refractivity contribution >= 4 is 41.0 Å². The zero-order chi connectivity index (χ0) is 35.6. The van der Waals surface area contributed by atoms with Crippen LogP contribution in [0.3, 0.4) is 0 Å². The number of aliphatic carboxylic acids is 2. The summed E-state index contributed by atoms with van der Waals surface area (Å²) in [6.07, 6.45) is -5.47. The van der Waals surface area contributed by atoms with Crippen LogP contribution < -0.4 is 10.2 Å². The number of carboxylic acid groups (broad SMARTS) is 2. The first-order valence-corrected chi connectivity index (χ1v) is 15.3. The summed E-state index contributed by atoms with van der Waals surface area (Å²) in [6, 6.07) is 15.6. The molecule has 17 heteroatoms. The Balaban J connectivity index is 0.000000376. The number of nitrogens with one attached hydrogen (secondary N) is 1. The minimum atomic E-state index is -5.08. The number of likely N-dealkylation sites (tertiary alicyclic amines) is 1. The number of fused-ring (bicyclic) bond motifs is 1. The van der Waals surface area contributed by atoms with Gasteiger partial charge in [0.05, 0.1) is 0 Å². The van der Waals surface area contributed by atoms with Gasteiger partial charge in [-0.15, -0.1) is 0 Å². The molecule has 0 spiro atoms. The van der Waals surface area contributed by atoms with Gasteiger partial charge in [-0.05, 0) is 93.7 Å². The number of benzene rings is 2. The van der Waals surface area contributed by atoms with Gasteiger partial charge in [-0.1, -0.05) is 29.8 Å². The van der Waals surface area contributed by atoms with E-state index in [1.165, 1.54) is 12.8 Å². The van der Waals surface area contributed by atoms with Crippen LogP contribution >= 0.6 is 11.6 Å². The zero-order valence-corrected chi connectivity index (χ0v) is 26.3. The van der Waals surface area contributed by atoms with Gasteiger partial charge >= 0.3 is 24.3 Å². The number of hydrogen-bond donors (Lipinski definition) is 3. The van der Waals surface area contributed by atoms with Crippen LogP contribution in [0.2, 0.25) is 5.02 Å². The second-order valence-corrected chi connectivity index (χ2v) is 11.8. The molecule has 0 radical (unpaired) electrons. The predicted molar refractivity (Wildman–Crippen MR) is 163 cm³/mol. The highest BCUT2D eigenvalue weighted by Crippen LogP contribution is 2.30. The second kappa shape index (κ2) is 17.0. The fraction of sp³-hybridized carbons (Fsp3) is 0.484. The first-order valence-electron chi connectivity index (χ1n) is 15.0. The van der Waals surface area contributed by atoms with E-state index in [0.717, 1.165) is 56.8 Å². The average molecular weight is 709 g/mol. The molecular formula is C31H35ClF6N4O6. The van der Waals surface area contributed by atoms with E-state index in [4.69, 9.17) is 31.4 Å². The van der Waals surface area contributed by atoms with Gasteiger partial charge in [-0.2, -0.15) is 26.3 Å². The third-order valence-electron chi connectivity index (χ3n) is 8.05. The lowest BCUT2D eigenvalue weighted by Crippen LogP contribution is -2.48. The van der Waals surface area contributed by atoms with Crippen LogP contribution in [0.25, 0.3) is 0 Å². The smallest absolute Gasteiger partial charge is 0.475 e. The van der Waals surface area contributed by atoms with Crippen molar-refractivity contribution in [1.29, 1.82) is 0 Å². The minimum absolute atomic E-state index is 0.00644. The van der Waals surface area contributed by atoms with Crippen molar-refractivity contribution in [2.24, 2.45) is 5.92 Å². The first kappa shape index (κ1) is 38.6. The summed E-state index contributed by atoms with van der Waals surface area (Å²) in [5.74, 6) is -5.18. The van der Waals surface area contributed by atoms with E-state index in [-0.39, 0.29) is 18.4 Å². The third kappa shape index (κ3) is 11.4. The number of amides is 2. The summed E-state index contributed by atoms with van der Waals surface area (Å²) in [6.45, 7) is 5.70. The van der Waals surface area contributed by atoms with E-state index < -0.39 is 24.3 Å². The van der Waals surface area contributed by atoms with E-state index in [1.54, 1.807) is 29.2 Å². The molecule has 48 heavy (non-hydrogen) atoms. The van der Waals surface area contributed by atoms with Crippen molar-refractivity contribution in [2.75, 3.05) is 44.2 Å².